The van der Waals surface area contributed by atoms with Crippen molar-refractivity contribution in [2.75, 3.05) is 11.9 Å². The Morgan fingerprint density at radius 3 is 2.95 bits per heavy atom. The van der Waals surface area contributed by atoms with Gasteiger partial charge in [-0.1, -0.05) is 0 Å². The predicted molar refractivity (Wildman–Crippen MR) is 73.0 cm³/mol. The molecular weight excluding hydrogens is 258 g/mol. The Kier molecular flexibility index (Phi) is 3.68. The summed E-state index contributed by atoms with van der Waals surface area (Å²) in [6, 6.07) is 0.238. The van der Waals surface area contributed by atoms with E-state index in [9.17, 15) is 9.59 Å². The normalized spacial score (nSPS) is 21.7. The van der Waals surface area contributed by atoms with Crippen LogP contribution in [0.3, 0.4) is 0 Å². The Hall–Kier alpha value is -1.89. The second-order valence-corrected chi connectivity index (χ2v) is 5.41. The lowest BCUT2D eigenvalue weighted by atomic mass is 10.2. The van der Waals surface area contributed by atoms with E-state index in [0.717, 1.165) is 32.2 Å². The lowest BCUT2D eigenvalue weighted by Crippen LogP contribution is -2.35. The van der Waals surface area contributed by atoms with Gasteiger partial charge in [-0.05, 0) is 32.2 Å². The minimum atomic E-state index is -0.114. The zero-order valence-electron chi connectivity index (χ0n) is 11.3. The average Bonchev–Trinajstić information content (AvgIpc) is 2.93. The van der Waals surface area contributed by atoms with Crippen LogP contribution in [0.2, 0.25) is 0 Å². The number of carbonyl (C=O) groups is 2. The SMILES string of the molecule is O=C(Cn1cc(NC(=O)C2CCCN2)cn1)NC1CC1. The second-order valence-electron chi connectivity index (χ2n) is 5.41. The van der Waals surface area contributed by atoms with Gasteiger partial charge in [0.2, 0.25) is 11.8 Å². The van der Waals surface area contributed by atoms with Crippen LogP contribution in [-0.4, -0.2) is 40.2 Å². The van der Waals surface area contributed by atoms with E-state index in [-0.39, 0.29) is 24.4 Å². The maximum Gasteiger partial charge on any atom is 0.241 e. The van der Waals surface area contributed by atoms with E-state index in [0.29, 0.717) is 11.7 Å². The van der Waals surface area contributed by atoms with Crippen LogP contribution in [0, 0.1) is 0 Å². The lowest BCUT2D eigenvalue weighted by molar-refractivity contribution is -0.122. The summed E-state index contributed by atoms with van der Waals surface area (Å²) in [5, 5.41) is 12.9. The number of nitrogens with one attached hydrogen (secondary N) is 3. The van der Waals surface area contributed by atoms with Crippen LogP contribution in [0.15, 0.2) is 12.4 Å². The third kappa shape index (κ3) is 3.36. The van der Waals surface area contributed by atoms with Crippen LogP contribution >= 0.6 is 0 Å². The van der Waals surface area contributed by atoms with Crippen molar-refractivity contribution in [1.29, 1.82) is 0 Å². The number of hydrogen-bond acceptors (Lipinski definition) is 4. The van der Waals surface area contributed by atoms with Gasteiger partial charge in [0.05, 0.1) is 17.9 Å². The highest BCUT2D eigenvalue weighted by atomic mass is 16.2. The zero-order valence-corrected chi connectivity index (χ0v) is 11.3. The standard InChI is InChI=1S/C13H19N5O2/c19-12(16-9-3-4-9)8-18-7-10(6-15-18)17-13(20)11-2-1-5-14-11/h6-7,9,11,14H,1-5,8H2,(H,16,19)(H,17,20). The first-order valence-electron chi connectivity index (χ1n) is 7.07. The molecule has 1 unspecified atom stereocenters. The number of rotatable bonds is 5. The number of hydrogen-bond donors (Lipinski definition) is 3. The molecule has 2 amide bonds. The summed E-state index contributed by atoms with van der Waals surface area (Å²) in [5.41, 5.74) is 0.628. The molecule has 1 aliphatic heterocycles. The molecule has 3 rings (SSSR count). The summed E-state index contributed by atoms with van der Waals surface area (Å²) in [4.78, 5) is 23.5. The van der Waals surface area contributed by atoms with Crippen molar-refractivity contribution in [3.63, 3.8) is 0 Å². The van der Waals surface area contributed by atoms with E-state index < -0.39 is 0 Å². The molecule has 1 saturated carbocycles. The highest BCUT2D eigenvalue weighted by molar-refractivity contribution is 5.94. The molecule has 108 valence electrons. The number of anilines is 1. The van der Waals surface area contributed by atoms with E-state index >= 15 is 0 Å². The summed E-state index contributed by atoms with van der Waals surface area (Å²) >= 11 is 0. The molecule has 20 heavy (non-hydrogen) atoms. The van der Waals surface area contributed by atoms with E-state index in [1.54, 1.807) is 12.4 Å². The van der Waals surface area contributed by atoms with Gasteiger partial charge in [-0.3, -0.25) is 14.3 Å². The highest BCUT2D eigenvalue weighted by Gasteiger charge is 2.24. The Morgan fingerprint density at radius 2 is 2.25 bits per heavy atom. The first kappa shape index (κ1) is 13.1. The van der Waals surface area contributed by atoms with Gasteiger partial charge in [0.25, 0.3) is 0 Å². The molecule has 7 nitrogen and oxygen atoms in total. The number of aromatic nitrogens is 2. The Labute approximate surface area is 117 Å². The van der Waals surface area contributed by atoms with E-state index in [2.05, 4.69) is 21.0 Å². The van der Waals surface area contributed by atoms with Crippen LogP contribution in [-0.2, 0) is 16.1 Å². The molecule has 7 heteroatoms. The Bertz CT molecular complexity index is 503. The third-order valence-electron chi connectivity index (χ3n) is 3.53. The monoisotopic (exact) mass is 277 g/mol. The van der Waals surface area contributed by atoms with Gasteiger partial charge in [0.1, 0.15) is 6.54 Å². The molecule has 1 saturated heterocycles. The first-order chi connectivity index (χ1) is 9.70. The van der Waals surface area contributed by atoms with Gasteiger partial charge in [0, 0.05) is 12.2 Å². The molecule has 2 fully saturated rings. The van der Waals surface area contributed by atoms with Crippen LogP contribution in [0.4, 0.5) is 5.69 Å². The van der Waals surface area contributed by atoms with Gasteiger partial charge in [-0.25, -0.2) is 0 Å². The Morgan fingerprint density at radius 1 is 1.40 bits per heavy atom. The second kappa shape index (κ2) is 5.62. The summed E-state index contributed by atoms with van der Waals surface area (Å²) < 4.78 is 1.54. The van der Waals surface area contributed by atoms with Crippen LogP contribution < -0.4 is 16.0 Å². The molecule has 0 spiro atoms. The van der Waals surface area contributed by atoms with E-state index in [4.69, 9.17) is 0 Å². The van der Waals surface area contributed by atoms with Crippen molar-refractivity contribution in [2.24, 2.45) is 0 Å². The fourth-order valence-electron chi connectivity index (χ4n) is 2.30. The summed E-state index contributed by atoms with van der Waals surface area (Å²) in [7, 11) is 0. The molecule has 2 heterocycles. The van der Waals surface area contributed by atoms with E-state index in [1.165, 1.54) is 4.68 Å². The van der Waals surface area contributed by atoms with Crippen LogP contribution in [0.1, 0.15) is 25.7 Å². The maximum atomic E-state index is 11.9. The maximum absolute atomic E-state index is 11.9. The smallest absolute Gasteiger partial charge is 0.241 e. The first-order valence-corrected chi connectivity index (χ1v) is 7.07. The van der Waals surface area contributed by atoms with Crippen molar-refractivity contribution in [1.82, 2.24) is 20.4 Å². The van der Waals surface area contributed by atoms with Gasteiger partial charge >= 0.3 is 0 Å². The van der Waals surface area contributed by atoms with Crippen LogP contribution in [0.25, 0.3) is 0 Å². The van der Waals surface area contributed by atoms with Crippen molar-refractivity contribution in [3.05, 3.63) is 12.4 Å². The average molecular weight is 277 g/mol. The van der Waals surface area contributed by atoms with Crippen molar-refractivity contribution >= 4 is 17.5 Å². The van der Waals surface area contributed by atoms with Gasteiger partial charge in [-0.2, -0.15) is 5.10 Å². The molecule has 0 bridgehead atoms. The fraction of sp³-hybridized carbons (Fsp3) is 0.615. The van der Waals surface area contributed by atoms with Gasteiger partial charge in [-0.15, -0.1) is 0 Å². The quantitative estimate of drug-likeness (QED) is 0.698. The van der Waals surface area contributed by atoms with Crippen molar-refractivity contribution in [2.45, 2.75) is 44.3 Å². The fourth-order valence-corrected chi connectivity index (χ4v) is 2.30. The number of amides is 2. The Balaban J connectivity index is 1.50. The van der Waals surface area contributed by atoms with E-state index in [1.807, 2.05) is 0 Å². The van der Waals surface area contributed by atoms with Crippen molar-refractivity contribution in [3.8, 4) is 0 Å². The number of nitrogens with zero attached hydrogens (tertiary/aromatic N) is 2. The summed E-state index contributed by atoms with van der Waals surface area (Å²) in [6.07, 6.45) is 7.28. The molecule has 0 radical (unpaired) electrons. The van der Waals surface area contributed by atoms with Crippen molar-refractivity contribution < 1.29 is 9.59 Å². The molecule has 1 aromatic rings. The highest BCUT2D eigenvalue weighted by Crippen LogP contribution is 2.18. The summed E-state index contributed by atoms with van der Waals surface area (Å²) in [5.74, 6) is -0.0737. The molecule has 0 aromatic carbocycles. The molecular formula is C13H19N5O2. The zero-order chi connectivity index (χ0) is 13.9. The topological polar surface area (TPSA) is 88.1 Å². The minimum absolute atomic E-state index is 0.0362. The minimum Gasteiger partial charge on any atom is -0.352 e. The molecule has 2 aliphatic rings. The summed E-state index contributed by atoms with van der Waals surface area (Å²) in [6.45, 7) is 1.08. The molecule has 1 aliphatic carbocycles. The molecule has 1 aromatic heterocycles. The van der Waals surface area contributed by atoms with Crippen LogP contribution in [0.5, 0.6) is 0 Å². The predicted octanol–water partition coefficient (Wildman–Crippen LogP) is -0.148. The molecule has 1 atom stereocenters. The third-order valence-corrected chi connectivity index (χ3v) is 3.53. The number of carbonyl (C=O) groups excluding carboxylic acids is 2. The largest absolute Gasteiger partial charge is 0.352 e. The van der Waals surface area contributed by atoms with Gasteiger partial charge in [0.15, 0.2) is 0 Å². The van der Waals surface area contributed by atoms with Gasteiger partial charge < -0.3 is 16.0 Å². The lowest BCUT2D eigenvalue weighted by Gasteiger charge is -2.09. The molecule has 3 N–H and O–H groups in total.